The van der Waals surface area contributed by atoms with Crippen LogP contribution in [0.3, 0.4) is 0 Å². The van der Waals surface area contributed by atoms with Crippen molar-refractivity contribution in [3.05, 3.63) is 30.1 Å². The van der Waals surface area contributed by atoms with E-state index in [-0.39, 0.29) is 17.7 Å². The van der Waals surface area contributed by atoms with E-state index in [4.69, 9.17) is 5.11 Å². The zero-order chi connectivity index (χ0) is 18.3. The summed E-state index contributed by atoms with van der Waals surface area (Å²) in [6, 6.07) is 3.31. The fourth-order valence-corrected chi connectivity index (χ4v) is 3.50. The van der Waals surface area contributed by atoms with E-state index in [1.807, 2.05) is 6.92 Å². The van der Waals surface area contributed by atoms with E-state index in [0.717, 1.165) is 30.7 Å². The molecule has 1 aromatic carbocycles. The van der Waals surface area contributed by atoms with E-state index in [2.05, 4.69) is 5.32 Å². The highest BCUT2D eigenvalue weighted by Gasteiger charge is 2.27. The normalized spacial score (nSPS) is 14.0. The molecule has 0 fully saturated rings. The molecule has 24 heavy (non-hydrogen) atoms. The van der Waals surface area contributed by atoms with Gasteiger partial charge >= 0.3 is 5.97 Å². The third-order valence-electron chi connectivity index (χ3n) is 3.62. The number of rotatable bonds is 9. The van der Waals surface area contributed by atoms with Gasteiger partial charge in [0.1, 0.15) is 11.9 Å². The number of carbonyl (C=O) groups is 2. The van der Waals surface area contributed by atoms with Crippen molar-refractivity contribution in [2.24, 2.45) is 0 Å². The minimum Gasteiger partial charge on any atom is -0.480 e. The van der Waals surface area contributed by atoms with Crippen molar-refractivity contribution in [1.29, 1.82) is 0 Å². The maximum absolute atomic E-state index is 12.9. The Bertz CT molecular complexity index is 672. The second-order valence-electron chi connectivity index (χ2n) is 5.61. The standard InChI is InChI=1S/C16H22FNO5S/c1-3-4-5-14(16(20)21)18-15(19)10-11(2)24(22,23)13-8-6-12(17)7-9-13/h6-9,11,14H,3-5,10H2,1-2H3,(H,18,19)(H,20,21). The third kappa shape index (κ3) is 5.59. The van der Waals surface area contributed by atoms with Gasteiger partial charge in [-0.25, -0.2) is 17.6 Å². The van der Waals surface area contributed by atoms with Gasteiger partial charge in [0.2, 0.25) is 5.91 Å². The highest BCUT2D eigenvalue weighted by Crippen LogP contribution is 2.18. The first kappa shape index (κ1) is 20.1. The van der Waals surface area contributed by atoms with Gasteiger partial charge in [-0.15, -0.1) is 0 Å². The molecule has 0 spiro atoms. The molecule has 0 radical (unpaired) electrons. The fourth-order valence-electron chi connectivity index (χ4n) is 2.15. The van der Waals surface area contributed by atoms with Crippen LogP contribution in [0.4, 0.5) is 4.39 Å². The summed E-state index contributed by atoms with van der Waals surface area (Å²) < 4.78 is 37.6. The number of benzene rings is 1. The van der Waals surface area contributed by atoms with Gasteiger partial charge < -0.3 is 10.4 Å². The van der Waals surface area contributed by atoms with Gasteiger partial charge in [-0.2, -0.15) is 0 Å². The first-order valence-electron chi connectivity index (χ1n) is 7.70. The van der Waals surface area contributed by atoms with E-state index in [1.54, 1.807) is 0 Å². The SMILES string of the molecule is CCCCC(NC(=O)CC(C)S(=O)(=O)c1ccc(F)cc1)C(=O)O. The topological polar surface area (TPSA) is 101 Å². The summed E-state index contributed by atoms with van der Waals surface area (Å²) in [4.78, 5) is 23.0. The maximum Gasteiger partial charge on any atom is 0.326 e. The molecule has 0 aliphatic heterocycles. The Morgan fingerprint density at radius 1 is 1.25 bits per heavy atom. The minimum absolute atomic E-state index is 0.0787. The number of unbranched alkanes of at least 4 members (excludes halogenated alkanes) is 1. The lowest BCUT2D eigenvalue weighted by molar-refractivity contribution is -0.142. The lowest BCUT2D eigenvalue weighted by Gasteiger charge is -2.17. The number of hydrogen-bond acceptors (Lipinski definition) is 4. The van der Waals surface area contributed by atoms with Crippen molar-refractivity contribution in [3.63, 3.8) is 0 Å². The number of carboxylic acids is 1. The van der Waals surface area contributed by atoms with Crippen LogP contribution in [0.5, 0.6) is 0 Å². The number of sulfone groups is 1. The molecule has 6 nitrogen and oxygen atoms in total. The van der Waals surface area contributed by atoms with Crippen molar-refractivity contribution in [2.45, 2.75) is 55.7 Å². The third-order valence-corrected chi connectivity index (χ3v) is 5.78. The Morgan fingerprint density at radius 3 is 2.33 bits per heavy atom. The molecule has 0 aliphatic rings. The molecule has 2 N–H and O–H groups in total. The number of aliphatic carboxylic acids is 1. The molecule has 0 saturated carbocycles. The average Bonchev–Trinajstić information content (AvgIpc) is 2.51. The van der Waals surface area contributed by atoms with Crippen LogP contribution < -0.4 is 5.32 Å². The van der Waals surface area contributed by atoms with Crippen molar-refractivity contribution in [2.75, 3.05) is 0 Å². The summed E-state index contributed by atoms with van der Waals surface area (Å²) in [5.74, 6) is -2.35. The monoisotopic (exact) mass is 359 g/mol. The van der Waals surface area contributed by atoms with Crippen LogP contribution in [-0.2, 0) is 19.4 Å². The van der Waals surface area contributed by atoms with Gasteiger partial charge in [-0.1, -0.05) is 19.8 Å². The summed E-state index contributed by atoms with van der Waals surface area (Å²) in [6.45, 7) is 3.26. The second-order valence-corrected chi connectivity index (χ2v) is 7.98. The van der Waals surface area contributed by atoms with Crippen LogP contribution in [0, 0.1) is 5.82 Å². The van der Waals surface area contributed by atoms with E-state index in [1.165, 1.54) is 6.92 Å². The Hall–Kier alpha value is -1.96. The molecule has 1 rings (SSSR count). The van der Waals surface area contributed by atoms with E-state index >= 15 is 0 Å². The first-order chi connectivity index (χ1) is 11.2. The summed E-state index contributed by atoms with van der Waals surface area (Å²) >= 11 is 0. The number of hydrogen-bond donors (Lipinski definition) is 2. The van der Waals surface area contributed by atoms with E-state index in [0.29, 0.717) is 6.42 Å². The number of carboxylic acid groups (broad SMARTS) is 1. The van der Waals surface area contributed by atoms with Crippen molar-refractivity contribution >= 4 is 21.7 Å². The van der Waals surface area contributed by atoms with Crippen LogP contribution in [0.1, 0.15) is 39.5 Å². The van der Waals surface area contributed by atoms with Gasteiger partial charge in [0.05, 0.1) is 10.1 Å². The van der Waals surface area contributed by atoms with Crippen LogP contribution in [0.2, 0.25) is 0 Å². The van der Waals surface area contributed by atoms with Crippen LogP contribution >= 0.6 is 0 Å². The molecule has 0 aromatic heterocycles. The Labute approximate surface area is 141 Å². The summed E-state index contributed by atoms with van der Waals surface area (Å²) in [6.07, 6.45) is 1.35. The van der Waals surface area contributed by atoms with E-state index in [9.17, 15) is 22.4 Å². The van der Waals surface area contributed by atoms with Gasteiger partial charge in [0, 0.05) is 6.42 Å². The molecule has 0 aliphatic carbocycles. The Morgan fingerprint density at radius 2 is 1.83 bits per heavy atom. The summed E-state index contributed by atoms with van der Waals surface area (Å²) in [5.41, 5.74) is 0. The maximum atomic E-state index is 12.9. The predicted octanol–water partition coefficient (Wildman–Crippen LogP) is 2.14. The summed E-state index contributed by atoms with van der Waals surface area (Å²) in [7, 11) is -3.80. The van der Waals surface area contributed by atoms with Gasteiger partial charge in [-0.05, 0) is 37.6 Å². The molecule has 134 valence electrons. The number of halogens is 1. The number of carbonyl (C=O) groups excluding carboxylic acids is 1. The highest BCUT2D eigenvalue weighted by molar-refractivity contribution is 7.92. The molecule has 2 atom stereocenters. The highest BCUT2D eigenvalue weighted by atomic mass is 32.2. The number of amides is 1. The molecule has 0 heterocycles. The molecule has 0 saturated heterocycles. The van der Waals surface area contributed by atoms with E-state index < -0.39 is 38.8 Å². The molecular formula is C16H22FNO5S. The molecule has 2 unspecified atom stereocenters. The van der Waals surface area contributed by atoms with Crippen molar-refractivity contribution in [1.82, 2.24) is 5.32 Å². The quantitative estimate of drug-likeness (QED) is 0.658. The number of nitrogens with one attached hydrogen (secondary N) is 1. The molecule has 8 heteroatoms. The van der Waals surface area contributed by atoms with Crippen molar-refractivity contribution < 1.29 is 27.5 Å². The predicted molar refractivity (Wildman–Crippen MR) is 86.8 cm³/mol. The largest absolute Gasteiger partial charge is 0.480 e. The molecule has 0 bridgehead atoms. The second kappa shape index (κ2) is 8.77. The van der Waals surface area contributed by atoms with Crippen LogP contribution in [0.25, 0.3) is 0 Å². The molecule has 1 aromatic rings. The summed E-state index contributed by atoms with van der Waals surface area (Å²) in [5, 5.41) is 10.4. The Kier molecular flexibility index (Phi) is 7.34. The zero-order valence-electron chi connectivity index (χ0n) is 13.7. The average molecular weight is 359 g/mol. The van der Waals surface area contributed by atoms with Crippen molar-refractivity contribution in [3.8, 4) is 0 Å². The first-order valence-corrected chi connectivity index (χ1v) is 9.24. The lowest BCUT2D eigenvalue weighted by Crippen LogP contribution is -2.42. The lowest BCUT2D eigenvalue weighted by atomic mass is 10.1. The minimum atomic E-state index is -3.80. The van der Waals surface area contributed by atoms with Gasteiger partial charge in [-0.3, -0.25) is 4.79 Å². The molecular weight excluding hydrogens is 337 g/mol. The fraction of sp³-hybridized carbons (Fsp3) is 0.500. The van der Waals surface area contributed by atoms with Crippen LogP contribution in [0.15, 0.2) is 29.2 Å². The molecule has 1 amide bonds. The van der Waals surface area contributed by atoms with Crippen LogP contribution in [-0.4, -0.2) is 36.7 Å². The van der Waals surface area contributed by atoms with Gasteiger partial charge in [0.15, 0.2) is 9.84 Å². The smallest absolute Gasteiger partial charge is 0.326 e. The Balaban J connectivity index is 2.74. The zero-order valence-corrected chi connectivity index (χ0v) is 14.5. The van der Waals surface area contributed by atoms with Gasteiger partial charge in [0.25, 0.3) is 0 Å².